The number of ether oxygens (including phenoxy) is 2. The van der Waals surface area contributed by atoms with Gasteiger partial charge < -0.3 is 14.8 Å². The zero-order valence-electron chi connectivity index (χ0n) is 12.2. The number of amides is 1. The fourth-order valence-electron chi connectivity index (χ4n) is 2.38. The summed E-state index contributed by atoms with van der Waals surface area (Å²) >= 11 is 6.18. The molecule has 1 N–H and O–H groups in total. The van der Waals surface area contributed by atoms with Crippen LogP contribution >= 0.6 is 11.6 Å². The minimum Gasteiger partial charge on any atom is -0.486 e. The second-order valence-corrected chi connectivity index (χ2v) is 5.60. The standard InChI is InChI=1S/C17H16ClNO3/c1-11-3-2-4-13(7-11)19-16(20)10-12-8-14(18)17-15(9-12)21-5-6-22-17/h2-4,7-9H,5-6,10H2,1H3,(H,19,20). The van der Waals surface area contributed by atoms with Crippen LogP contribution < -0.4 is 14.8 Å². The molecular formula is C17H16ClNO3. The number of halogens is 1. The zero-order chi connectivity index (χ0) is 15.5. The Kier molecular flexibility index (Phi) is 4.20. The van der Waals surface area contributed by atoms with E-state index in [1.807, 2.05) is 31.2 Å². The van der Waals surface area contributed by atoms with Gasteiger partial charge in [-0.05, 0) is 42.3 Å². The van der Waals surface area contributed by atoms with E-state index in [9.17, 15) is 4.79 Å². The maximum absolute atomic E-state index is 12.1. The van der Waals surface area contributed by atoms with E-state index >= 15 is 0 Å². The van der Waals surface area contributed by atoms with Crippen molar-refractivity contribution in [3.05, 3.63) is 52.5 Å². The number of hydrogen-bond donors (Lipinski definition) is 1. The third-order valence-corrected chi connectivity index (χ3v) is 3.60. The van der Waals surface area contributed by atoms with Crippen molar-refractivity contribution in [1.82, 2.24) is 0 Å². The Morgan fingerprint density at radius 1 is 1.23 bits per heavy atom. The molecular weight excluding hydrogens is 302 g/mol. The van der Waals surface area contributed by atoms with Crippen molar-refractivity contribution in [2.75, 3.05) is 18.5 Å². The fourth-order valence-corrected chi connectivity index (χ4v) is 2.67. The first-order chi connectivity index (χ1) is 10.6. The second kappa shape index (κ2) is 6.28. The van der Waals surface area contributed by atoms with E-state index in [1.54, 1.807) is 12.1 Å². The number of aryl methyl sites for hydroxylation is 1. The third-order valence-electron chi connectivity index (χ3n) is 3.32. The van der Waals surface area contributed by atoms with Crippen molar-refractivity contribution in [2.24, 2.45) is 0 Å². The molecule has 5 heteroatoms. The Morgan fingerprint density at radius 3 is 2.86 bits per heavy atom. The van der Waals surface area contributed by atoms with Gasteiger partial charge in [-0.15, -0.1) is 0 Å². The predicted octanol–water partition coefficient (Wildman–Crippen LogP) is 3.60. The number of nitrogens with one attached hydrogen (secondary N) is 1. The van der Waals surface area contributed by atoms with E-state index in [-0.39, 0.29) is 12.3 Å². The SMILES string of the molecule is Cc1cccc(NC(=O)Cc2cc(Cl)c3c(c2)OCCO3)c1. The molecule has 1 amide bonds. The van der Waals surface area contributed by atoms with Crippen LogP contribution in [0, 0.1) is 6.92 Å². The highest BCUT2D eigenvalue weighted by molar-refractivity contribution is 6.32. The maximum Gasteiger partial charge on any atom is 0.228 e. The number of benzene rings is 2. The summed E-state index contributed by atoms with van der Waals surface area (Å²) in [5.41, 5.74) is 2.67. The van der Waals surface area contributed by atoms with Crippen LogP contribution in [0.3, 0.4) is 0 Å². The quantitative estimate of drug-likeness (QED) is 0.941. The zero-order valence-corrected chi connectivity index (χ0v) is 12.9. The molecule has 1 aliphatic heterocycles. The summed E-state index contributed by atoms with van der Waals surface area (Å²) in [5, 5.41) is 3.34. The highest BCUT2D eigenvalue weighted by Crippen LogP contribution is 2.38. The molecule has 2 aromatic rings. The van der Waals surface area contributed by atoms with Gasteiger partial charge in [-0.25, -0.2) is 0 Å². The van der Waals surface area contributed by atoms with Gasteiger partial charge in [0, 0.05) is 5.69 Å². The molecule has 0 unspecified atom stereocenters. The van der Waals surface area contributed by atoms with Gasteiger partial charge in [0.05, 0.1) is 11.4 Å². The normalized spacial score (nSPS) is 12.8. The summed E-state index contributed by atoms with van der Waals surface area (Å²) in [6, 6.07) is 11.2. The Hall–Kier alpha value is -2.20. The Morgan fingerprint density at radius 2 is 2.05 bits per heavy atom. The van der Waals surface area contributed by atoms with E-state index in [2.05, 4.69) is 5.32 Å². The molecule has 0 radical (unpaired) electrons. The highest BCUT2D eigenvalue weighted by atomic mass is 35.5. The van der Waals surface area contributed by atoms with Crippen LogP contribution in [-0.2, 0) is 11.2 Å². The Bertz CT molecular complexity index is 715. The van der Waals surface area contributed by atoms with Crippen LogP contribution in [0.5, 0.6) is 11.5 Å². The molecule has 0 saturated heterocycles. The number of hydrogen-bond acceptors (Lipinski definition) is 3. The lowest BCUT2D eigenvalue weighted by atomic mass is 10.1. The van der Waals surface area contributed by atoms with E-state index < -0.39 is 0 Å². The molecule has 0 aliphatic carbocycles. The van der Waals surface area contributed by atoms with Crippen LogP contribution in [0.25, 0.3) is 0 Å². The number of carbonyl (C=O) groups is 1. The molecule has 1 aliphatic rings. The Balaban J connectivity index is 1.73. The number of carbonyl (C=O) groups excluding carboxylic acids is 1. The monoisotopic (exact) mass is 317 g/mol. The van der Waals surface area contributed by atoms with Crippen LogP contribution in [0.1, 0.15) is 11.1 Å². The first-order valence-electron chi connectivity index (χ1n) is 7.06. The van der Waals surface area contributed by atoms with Gasteiger partial charge in [0.2, 0.25) is 5.91 Å². The maximum atomic E-state index is 12.1. The summed E-state index contributed by atoms with van der Waals surface area (Å²) in [4.78, 5) is 12.1. The van der Waals surface area contributed by atoms with Crippen molar-refractivity contribution in [1.29, 1.82) is 0 Å². The lowest BCUT2D eigenvalue weighted by Crippen LogP contribution is -2.17. The lowest BCUT2D eigenvalue weighted by Gasteiger charge is -2.20. The van der Waals surface area contributed by atoms with Gasteiger partial charge in [-0.2, -0.15) is 0 Å². The minimum atomic E-state index is -0.0988. The van der Waals surface area contributed by atoms with Crippen molar-refractivity contribution in [3.63, 3.8) is 0 Å². The average Bonchev–Trinajstić information content (AvgIpc) is 2.47. The summed E-state index contributed by atoms with van der Waals surface area (Å²) in [5.74, 6) is 1.05. The number of anilines is 1. The average molecular weight is 318 g/mol. The van der Waals surface area contributed by atoms with Gasteiger partial charge in [-0.3, -0.25) is 4.79 Å². The molecule has 0 atom stereocenters. The molecule has 0 aromatic heterocycles. The molecule has 4 nitrogen and oxygen atoms in total. The molecule has 1 heterocycles. The second-order valence-electron chi connectivity index (χ2n) is 5.20. The number of fused-ring (bicyclic) bond motifs is 1. The molecule has 2 aromatic carbocycles. The van der Waals surface area contributed by atoms with Crippen molar-refractivity contribution < 1.29 is 14.3 Å². The minimum absolute atomic E-state index is 0.0988. The molecule has 3 rings (SSSR count). The summed E-state index contributed by atoms with van der Waals surface area (Å²) < 4.78 is 11.0. The Labute approximate surface area is 134 Å². The molecule has 114 valence electrons. The predicted molar refractivity (Wildman–Crippen MR) is 86.0 cm³/mol. The van der Waals surface area contributed by atoms with Gasteiger partial charge >= 0.3 is 0 Å². The molecule has 0 saturated carbocycles. The van der Waals surface area contributed by atoms with Crippen LogP contribution in [0.2, 0.25) is 5.02 Å². The summed E-state index contributed by atoms with van der Waals surface area (Å²) in [6.07, 6.45) is 0.226. The van der Waals surface area contributed by atoms with Crippen molar-refractivity contribution >= 4 is 23.2 Å². The lowest BCUT2D eigenvalue weighted by molar-refractivity contribution is -0.115. The largest absolute Gasteiger partial charge is 0.486 e. The van der Waals surface area contributed by atoms with Gasteiger partial charge in [0.15, 0.2) is 11.5 Å². The van der Waals surface area contributed by atoms with Gasteiger partial charge in [-0.1, -0.05) is 23.7 Å². The van der Waals surface area contributed by atoms with Gasteiger partial charge in [0.25, 0.3) is 0 Å². The molecule has 0 fully saturated rings. The topological polar surface area (TPSA) is 47.6 Å². The van der Waals surface area contributed by atoms with E-state index in [0.29, 0.717) is 29.7 Å². The van der Waals surface area contributed by atoms with Crippen LogP contribution in [-0.4, -0.2) is 19.1 Å². The summed E-state index contributed by atoms with van der Waals surface area (Å²) in [6.45, 7) is 2.96. The third kappa shape index (κ3) is 3.34. The van der Waals surface area contributed by atoms with Crippen molar-refractivity contribution in [3.8, 4) is 11.5 Å². The highest BCUT2D eigenvalue weighted by Gasteiger charge is 2.17. The van der Waals surface area contributed by atoms with Crippen molar-refractivity contribution in [2.45, 2.75) is 13.3 Å². The van der Waals surface area contributed by atoms with Gasteiger partial charge in [0.1, 0.15) is 13.2 Å². The molecule has 22 heavy (non-hydrogen) atoms. The van der Waals surface area contributed by atoms with Crippen LogP contribution in [0.15, 0.2) is 36.4 Å². The smallest absolute Gasteiger partial charge is 0.228 e. The first-order valence-corrected chi connectivity index (χ1v) is 7.44. The van der Waals surface area contributed by atoms with E-state index in [0.717, 1.165) is 16.8 Å². The summed E-state index contributed by atoms with van der Waals surface area (Å²) in [7, 11) is 0. The fraction of sp³-hybridized carbons (Fsp3) is 0.235. The molecule has 0 bridgehead atoms. The molecule has 0 spiro atoms. The first kappa shape index (κ1) is 14.7. The van der Waals surface area contributed by atoms with E-state index in [1.165, 1.54) is 0 Å². The number of rotatable bonds is 3. The van der Waals surface area contributed by atoms with E-state index in [4.69, 9.17) is 21.1 Å². The van der Waals surface area contributed by atoms with Crippen LogP contribution in [0.4, 0.5) is 5.69 Å².